The van der Waals surface area contributed by atoms with Crippen LogP contribution in [-0.4, -0.2) is 45.1 Å². The number of nitrogens with one attached hydrogen (secondary N) is 1. The van der Waals surface area contributed by atoms with Gasteiger partial charge in [0.25, 0.3) is 0 Å². The number of hydrogen-bond acceptors (Lipinski definition) is 5. The van der Waals surface area contributed by atoms with Crippen LogP contribution in [0.15, 0.2) is 9.31 Å². The highest BCUT2D eigenvalue weighted by molar-refractivity contribution is 7.89. The topological polar surface area (TPSA) is 71.8 Å². The Hall–Kier alpha value is -0.890. The predicted octanol–water partition coefficient (Wildman–Crippen LogP) is 1.42. The Morgan fingerprint density at radius 1 is 1.19 bits per heavy atom. The second kappa shape index (κ2) is 6.48. The van der Waals surface area contributed by atoms with E-state index in [1.54, 1.807) is 6.92 Å². The molecule has 0 aliphatic carbocycles. The van der Waals surface area contributed by atoms with E-state index in [2.05, 4.69) is 5.32 Å². The molecule has 1 saturated heterocycles. The van der Waals surface area contributed by atoms with E-state index in [1.807, 2.05) is 20.8 Å². The van der Waals surface area contributed by atoms with Crippen LogP contribution in [0.3, 0.4) is 0 Å². The van der Waals surface area contributed by atoms with E-state index in [0.717, 1.165) is 5.56 Å². The first-order chi connectivity index (χ1) is 9.84. The van der Waals surface area contributed by atoms with E-state index < -0.39 is 10.0 Å². The summed E-state index contributed by atoms with van der Waals surface area (Å²) in [4.78, 5) is 0.315. The average Bonchev–Trinajstić information content (AvgIpc) is 2.72. The molecule has 0 spiro atoms. The van der Waals surface area contributed by atoms with Gasteiger partial charge in [-0.3, -0.25) is 0 Å². The lowest BCUT2D eigenvalue weighted by molar-refractivity contribution is 0.0729. The summed E-state index contributed by atoms with van der Waals surface area (Å²) >= 11 is 0. The molecule has 2 heterocycles. The van der Waals surface area contributed by atoms with Gasteiger partial charge >= 0.3 is 0 Å². The minimum atomic E-state index is -3.53. The molecule has 1 aromatic rings. The SMILES string of the molecule is Cc1oc(C)c(S(=O)(=O)N2CCOCC2)c1CNC(C)C. The van der Waals surface area contributed by atoms with Gasteiger partial charge in [0.1, 0.15) is 16.4 Å². The molecule has 1 N–H and O–H groups in total. The fourth-order valence-corrected chi connectivity index (χ4v) is 4.29. The zero-order chi connectivity index (χ0) is 15.6. The molecule has 0 atom stereocenters. The molecule has 7 heteroatoms. The van der Waals surface area contributed by atoms with E-state index >= 15 is 0 Å². The van der Waals surface area contributed by atoms with Crippen molar-refractivity contribution in [1.82, 2.24) is 9.62 Å². The van der Waals surface area contributed by atoms with Crippen LogP contribution >= 0.6 is 0 Å². The highest BCUT2D eigenvalue weighted by atomic mass is 32.2. The van der Waals surface area contributed by atoms with Gasteiger partial charge in [0.05, 0.1) is 13.2 Å². The first-order valence-electron chi connectivity index (χ1n) is 7.24. The van der Waals surface area contributed by atoms with Crippen molar-refractivity contribution in [2.24, 2.45) is 0 Å². The molecule has 0 unspecified atom stereocenters. The molecule has 6 nitrogen and oxygen atoms in total. The summed E-state index contributed by atoms with van der Waals surface area (Å²) in [5.41, 5.74) is 0.729. The maximum Gasteiger partial charge on any atom is 0.247 e. The number of rotatable bonds is 5. The first kappa shape index (κ1) is 16.5. The van der Waals surface area contributed by atoms with Crippen LogP contribution in [0.2, 0.25) is 0 Å². The van der Waals surface area contributed by atoms with Crippen LogP contribution in [0, 0.1) is 13.8 Å². The summed E-state index contributed by atoms with van der Waals surface area (Å²) < 4.78 is 38.0. The molecule has 120 valence electrons. The molecule has 1 aliphatic rings. The van der Waals surface area contributed by atoms with E-state index in [9.17, 15) is 8.42 Å². The van der Waals surface area contributed by atoms with Crippen molar-refractivity contribution < 1.29 is 17.6 Å². The van der Waals surface area contributed by atoms with E-state index in [1.165, 1.54) is 4.31 Å². The van der Waals surface area contributed by atoms with Crippen molar-refractivity contribution in [3.05, 3.63) is 17.1 Å². The largest absolute Gasteiger partial charge is 0.465 e. The molecule has 0 amide bonds. The molecule has 2 rings (SSSR count). The maximum absolute atomic E-state index is 12.9. The maximum atomic E-state index is 12.9. The number of furan rings is 1. The highest BCUT2D eigenvalue weighted by Crippen LogP contribution is 2.29. The number of sulfonamides is 1. The Morgan fingerprint density at radius 3 is 2.38 bits per heavy atom. The molecule has 0 radical (unpaired) electrons. The average molecular weight is 316 g/mol. The predicted molar refractivity (Wildman–Crippen MR) is 79.7 cm³/mol. The first-order valence-corrected chi connectivity index (χ1v) is 8.68. The van der Waals surface area contributed by atoms with Crippen molar-refractivity contribution in [3.63, 3.8) is 0 Å². The zero-order valence-electron chi connectivity index (χ0n) is 13.1. The van der Waals surface area contributed by atoms with Gasteiger partial charge in [-0.05, 0) is 13.8 Å². The van der Waals surface area contributed by atoms with Gasteiger partial charge in [-0.1, -0.05) is 13.8 Å². The summed E-state index contributed by atoms with van der Waals surface area (Å²) in [6.07, 6.45) is 0. The Balaban J connectivity index is 2.37. The lowest BCUT2D eigenvalue weighted by Gasteiger charge is -2.26. The van der Waals surface area contributed by atoms with Crippen LogP contribution in [-0.2, 0) is 21.3 Å². The van der Waals surface area contributed by atoms with Crippen LogP contribution in [0.25, 0.3) is 0 Å². The Bertz CT molecular complexity index is 586. The van der Waals surface area contributed by atoms with Gasteiger partial charge in [-0.15, -0.1) is 0 Å². The Morgan fingerprint density at radius 2 is 1.81 bits per heavy atom. The van der Waals surface area contributed by atoms with Crippen molar-refractivity contribution >= 4 is 10.0 Å². The molecule has 1 fully saturated rings. The standard InChI is InChI=1S/C14H24N2O4S/c1-10(2)15-9-13-11(3)20-12(4)14(13)21(17,18)16-5-7-19-8-6-16/h10,15H,5-9H2,1-4H3. The van der Waals surface area contributed by atoms with Crippen molar-refractivity contribution in [2.45, 2.75) is 45.2 Å². The van der Waals surface area contributed by atoms with Gasteiger partial charge < -0.3 is 14.5 Å². The van der Waals surface area contributed by atoms with Gasteiger partial charge in [0.2, 0.25) is 10.0 Å². The number of morpholine rings is 1. The summed E-state index contributed by atoms with van der Waals surface area (Å²) in [6, 6.07) is 0.276. The zero-order valence-corrected chi connectivity index (χ0v) is 13.9. The summed E-state index contributed by atoms with van der Waals surface area (Å²) in [7, 11) is -3.53. The van der Waals surface area contributed by atoms with E-state index in [0.29, 0.717) is 49.3 Å². The van der Waals surface area contributed by atoms with Crippen LogP contribution in [0.4, 0.5) is 0 Å². The van der Waals surface area contributed by atoms with E-state index in [-0.39, 0.29) is 6.04 Å². The molecular formula is C14H24N2O4S. The monoisotopic (exact) mass is 316 g/mol. The van der Waals surface area contributed by atoms with Gasteiger partial charge in [0.15, 0.2) is 0 Å². The second-order valence-electron chi connectivity index (χ2n) is 5.57. The van der Waals surface area contributed by atoms with E-state index in [4.69, 9.17) is 9.15 Å². The van der Waals surface area contributed by atoms with Crippen LogP contribution in [0.5, 0.6) is 0 Å². The fraction of sp³-hybridized carbons (Fsp3) is 0.714. The number of aryl methyl sites for hydroxylation is 2. The van der Waals surface area contributed by atoms with Crippen molar-refractivity contribution in [3.8, 4) is 0 Å². The minimum absolute atomic E-state index is 0.276. The summed E-state index contributed by atoms with van der Waals surface area (Å²) in [5.74, 6) is 1.12. The fourth-order valence-electron chi connectivity index (χ4n) is 2.47. The number of hydrogen-bond donors (Lipinski definition) is 1. The Kier molecular flexibility index (Phi) is 5.08. The third-order valence-corrected chi connectivity index (χ3v) is 5.67. The van der Waals surface area contributed by atoms with Gasteiger partial charge in [0, 0.05) is 31.2 Å². The van der Waals surface area contributed by atoms with Crippen LogP contribution < -0.4 is 5.32 Å². The van der Waals surface area contributed by atoms with Crippen molar-refractivity contribution in [2.75, 3.05) is 26.3 Å². The molecule has 0 aromatic carbocycles. The molecule has 21 heavy (non-hydrogen) atoms. The normalized spacial score (nSPS) is 17.6. The van der Waals surface area contributed by atoms with Gasteiger partial charge in [-0.2, -0.15) is 4.31 Å². The highest BCUT2D eigenvalue weighted by Gasteiger charge is 2.33. The van der Waals surface area contributed by atoms with Crippen molar-refractivity contribution in [1.29, 1.82) is 0 Å². The summed E-state index contributed by atoms with van der Waals surface area (Å²) in [6.45, 7) is 9.72. The third-order valence-electron chi connectivity index (χ3n) is 3.58. The molecule has 1 aliphatic heterocycles. The number of ether oxygens (including phenoxy) is 1. The van der Waals surface area contributed by atoms with Gasteiger partial charge in [-0.25, -0.2) is 8.42 Å². The number of nitrogens with zero attached hydrogens (tertiary/aromatic N) is 1. The molecule has 1 aromatic heterocycles. The summed E-state index contributed by atoms with van der Waals surface area (Å²) in [5, 5.41) is 3.26. The quantitative estimate of drug-likeness (QED) is 0.889. The third kappa shape index (κ3) is 3.48. The smallest absolute Gasteiger partial charge is 0.247 e. The second-order valence-corrected chi connectivity index (χ2v) is 7.45. The lowest BCUT2D eigenvalue weighted by atomic mass is 10.2. The molecule has 0 bridgehead atoms. The van der Waals surface area contributed by atoms with Crippen LogP contribution in [0.1, 0.15) is 30.9 Å². The Labute approximate surface area is 126 Å². The molecular weight excluding hydrogens is 292 g/mol. The minimum Gasteiger partial charge on any atom is -0.465 e. The molecule has 0 saturated carbocycles. The lowest BCUT2D eigenvalue weighted by Crippen LogP contribution is -2.41.